The van der Waals surface area contributed by atoms with Gasteiger partial charge in [0.25, 0.3) is 0 Å². The standard InChI is InChI=1S/C10H13BrFNO2/c1-10(2,13)7-5(11)4-6(14)9(15-3)8(7)12/h4,14H,13H2,1-3H3. The van der Waals surface area contributed by atoms with Crippen LogP contribution in [0.15, 0.2) is 10.5 Å². The van der Waals surface area contributed by atoms with E-state index in [0.29, 0.717) is 4.47 Å². The highest BCUT2D eigenvalue weighted by atomic mass is 79.9. The number of hydrogen-bond acceptors (Lipinski definition) is 3. The molecule has 84 valence electrons. The van der Waals surface area contributed by atoms with Crippen molar-refractivity contribution in [2.24, 2.45) is 5.73 Å². The molecule has 1 rings (SSSR count). The van der Waals surface area contributed by atoms with Gasteiger partial charge in [-0.3, -0.25) is 0 Å². The normalized spacial score (nSPS) is 11.6. The fourth-order valence-electron chi connectivity index (χ4n) is 1.37. The molecule has 5 heteroatoms. The molecule has 0 atom stereocenters. The van der Waals surface area contributed by atoms with Gasteiger partial charge in [0.15, 0.2) is 17.3 Å². The number of phenols is 1. The molecule has 0 radical (unpaired) electrons. The van der Waals surface area contributed by atoms with Crippen molar-refractivity contribution in [2.45, 2.75) is 19.4 Å². The second-order valence-electron chi connectivity index (χ2n) is 3.82. The van der Waals surface area contributed by atoms with Gasteiger partial charge in [0.1, 0.15) is 0 Å². The van der Waals surface area contributed by atoms with Crippen LogP contribution in [0.5, 0.6) is 11.5 Å². The quantitative estimate of drug-likeness (QED) is 0.873. The lowest BCUT2D eigenvalue weighted by atomic mass is 9.94. The molecule has 1 aromatic carbocycles. The van der Waals surface area contributed by atoms with Crippen molar-refractivity contribution in [1.82, 2.24) is 0 Å². The minimum absolute atomic E-state index is 0.188. The van der Waals surface area contributed by atoms with Crippen LogP contribution in [0.3, 0.4) is 0 Å². The Bertz CT molecular complexity index is 388. The molecule has 0 saturated carbocycles. The maximum atomic E-state index is 13.9. The third-order valence-electron chi connectivity index (χ3n) is 2.00. The number of hydrogen-bond donors (Lipinski definition) is 2. The number of methoxy groups -OCH3 is 1. The van der Waals surface area contributed by atoms with Crippen molar-refractivity contribution in [3.63, 3.8) is 0 Å². The summed E-state index contributed by atoms with van der Waals surface area (Å²) in [4.78, 5) is 0. The SMILES string of the molecule is COc1c(O)cc(Br)c(C(C)(C)N)c1F. The van der Waals surface area contributed by atoms with Crippen molar-refractivity contribution in [2.75, 3.05) is 7.11 Å². The van der Waals surface area contributed by atoms with Crippen molar-refractivity contribution in [3.8, 4) is 11.5 Å². The van der Waals surface area contributed by atoms with E-state index >= 15 is 0 Å². The predicted molar refractivity (Wildman–Crippen MR) is 59.5 cm³/mol. The van der Waals surface area contributed by atoms with Crippen molar-refractivity contribution in [1.29, 1.82) is 0 Å². The van der Waals surface area contributed by atoms with Gasteiger partial charge in [-0.25, -0.2) is 4.39 Å². The number of ether oxygens (including phenoxy) is 1. The summed E-state index contributed by atoms with van der Waals surface area (Å²) in [7, 11) is 1.29. The minimum atomic E-state index is -0.857. The molecule has 0 aliphatic carbocycles. The smallest absolute Gasteiger partial charge is 0.196 e. The van der Waals surface area contributed by atoms with E-state index in [1.807, 2.05) is 0 Å². The third-order valence-corrected chi connectivity index (χ3v) is 2.63. The molecule has 0 bridgehead atoms. The number of phenolic OH excluding ortho intramolecular Hbond substituents is 1. The highest BCUT2D eigenvalue weighted by Crippen LogP contribution is 2.39. The van der Waals surface area contributed by atoms with E-state index in [1.165, 1.54) is 13.2 Å². The Labute approximate surface area is 96.2 Å². The summed E-state index contributed by atoms with van der Waals surface area (Å²) in [6, 6.07) is 1.37. The fourth-order valence-corrected chi connectivity index (χ4v) is 2.28. The van der Waals surface area contributed by atoms with Gasteiger partial charge >= 0.3 is 0 Å². The van der Waals surface area contributed by atoms with Gasteiger partial charge in [0, 0.05) is 15.6 Å². The Kier molecular flexibility index (Phi) is 3.25. The molecule has 3 nitrogen and oxygen atoms in total. The molecule has 0 aromatic heterocycles. The van der Waals surface area contributed by atoms with E-state index in [1.54, 1.807) is 13.8 Å². The maximum Gasteiger partial charge on any atom is 0.196 e. The largest absolute Gasteiger partial charge is 0.504 e. The van der Waals surface area contributed by atoms with Gasteiger partial charge in [-0.05, 0) is 19.9 Å². The van der Waals surface area contributed by atoms with E-state index in [4.69, 9.17) is 10.5 Å². The molecule has 0 unspecified atom stereocenters. The number of benzene rings is 1. The van der Waals surface area contributed by atoms with E-state index < -0.39 is 11.4 Å². The van der Waals surface area contributed by atoms with Crippen LogP contribution in [-0.4, -0.2) is 12.2 Å². The Morgan fingerprint density at radius 3 is 2.47 bits per heavy atom. The van der Waals surface area contributed by atoms with Crippen LogP contribution in [0.4, 0.5) is 4.39 Å². The lowest BCUT2D eigenvalue weighted by molar-refractivity contribution is 0.343. The first-order valence-electron chi connectivity index (χ1n) is 4.33. The van der Waals surface area contributed by atoms with Crippen molar-refractivity contribution < 1.29 is 14.2 Å². The van der Waals surface area contributed by atoms with Crippen LogP contribution in [0.2, 0.25) is 0 Å². The molecule has 15 heavy (non-hydrogen) atoms. The zero-order chi connectivity index (χ0) is 11.8. The van der Waals surface area contributed by atoms with E-state index in [9.17, 15) is 9.50 Å². The van der Waals surface area contributed by atoms with Gasteiger partial charge < -0.3 is 15.6 Å². The molecule has 0 amide bonds. The zero-order valence-corrected chi connectivity index (χ0v) is 10.4. The van der Waals surface area contributed by atoms with Gasteiger partial charge in [0.05, 0.1) is 7.11 Å². The van der Waals surface area contributed by atoms with Gasteiger partial charge in [0.2, 0.25) is 0 Å². The second kappa shape index (κ2) is 3.98. The topological polar surface area (TPSA) is 55.5 Å². The minimum Gasteiger partial charge on any atom is -0.504 e. The van der Waals surface area contributed by atoms with E-state index in [2.05, 4.69) is 15.9 Å². The van der Waals surface area contributed by atoms with E-state index in [0.717, 1.165) is 0 Å². The highest BCUT2D eigenvalue weighted by molar-refractivity contribution is 9.10. The average Bonchev–Trinajstić information content (AvgIpc) is 2.00. The van der Waals surface area contributed by atoms with Gasteiger partial charge in [-0.1, -0.05) is 15.9 Å². The lowest BCUT2D eigenvalue weighted by Gasteiger charge is -2.23. The Balaban J connectivity index is 3.53. The molecule has 0 spiro atoms. The van der Waals surface area contributed by atoms with Crippen LogP contribution < -0.4 is 10.5 Å². The molecule has 0 aliphatic heterocycles. The highest BCUT2D eigenvalue weighted by Gasteiger charge is 2.27. The molecule has 1 aromatic rings. The molecular weight excluding hydrogens is 265 g/mol. The molecule has 0 aliphatic rings. The molecule has 3 N–H and O–H groups in total. The summed E-state index contributed by atoms with van der Waals surface area (Å²) in [5.74, 6) is -1.08. The summed E-state index contributed by atoms with van der Waals surface area (Å²) in [5.41, 5.74) is 5.24. The summed E-state index contributed by atoms with van der Waals surface area (Å²) in [6.45, 7) is 3.35. The average molecular weight is 278 g/mol. The van der Waals surface area contributed by atoms with Crippen LogP contribution in [0.25, 0.3) is 0 Å². The number of aromatic hydroxyl groups is 1. The van der Waals surface area contributed by atoms with Crippen LogP contribution in [0, 0.1) is 5.82 Å². The predicted octanol–water partition coefficient (Wildman–Crippen LogP) is 2.50. The zero-order valence-electron chi connectivity index (χ0n) is 8.77. The number of halogens is 2. The van der Waals surface area contributed by atoms with Crippen LogP contribution >= 0.6 is 15.9 Å². The fraction of sp³-hybridized carbons (Fsp3) is 0.400. The number of nitrogens with two attached hydrogens (primary N) is 1. The molecule has 0 heterocycles. The summed E-state index contributed by atoms with van der Waals surface area (Å²) in [5, 5.41) is 9.43. The summed E-state index contributed by atoms with van der Waals surface area (Å²) in [6.07, 6.45) is 0. The van der Waals surface area contributed by atoms with Gasteiger partial charge in [-0.2, -0.15) is 0 Å². The second-order valence-corrected chi connectivity index (χ2v) is 4.68. The van der Waals surface area contributed by atoms with Crippen LogP contribution in [0.1, 0.15) is 19.4 Å². The lowest BCUT2D eigenvalue weighted by Crippen LogP contribution is -2.30. The van der Waals surface area contributed by atoms with Crippen LogP contribution in [-0.2, 0) is 5.54 Å². The monoisotopic (exact) mass is 277 g/mol. The summed E-state index contributed by atoms with van der Waals surface area (Å²) >= 11 is 3.16. The van der Waals surface area contributed by atoms with E-state index in [-0.39, 0.29) is 17.1 Å². The molecule has 0 fully saturated rings. The number of rotatable bonds is 2. The van der Waals surface area contributed by atoms with Crippen molar-refractivity contribution in [3.05, 3.63) is 21.9 Å². The first-order valence-corrected chi connectivity index (χ1v) is 5.12. The third kappa shape index (κ3) is 2.23. The van der Waals surface area contributed by atoms with Gasteiger partial charge in [-0.15, -0.1) is 0 Å². The molecule has 0 saturated heterocycles. The Hall–Kier alpha value is -0.810. The summed E-state index contributed by atoms with van der Waals surface area (Å²) < 4.78 is 19.1. The maximum absolute atomic E-state index is 13.9. The first-order chi connectivity index (χ1) is 6.79. The molecular formula is C10H13BrFNO2. The Morgan fingerprint density at radius 1 is 1.53 bits per heavy atom. The first kappa shape index (κ1) is 12.3. The van der Waals surface area contributed by atoms with Crippen molar-refractivity contribution >= 4 is 15.9 Å². The Morgan fingerprint density at radius 2 is 2.07 bits per heavy atom.